The molecule has 3 rings (SSSR count). The van der Waals surface area contributed by atoms with Crippen molar-refractivity contribution >= 4 is 42.6 Å². The van der Waals surface area contributed by atoms with E-state index in [1.165, 1.54) is 14.0 Å². The van der Waals surface area contributed by atoms with Crippen molar-refractivity contribution < 1.29 is 36.0 Å². The van der Waals surface area contributed by atoms with Crippen LogP contribution in [-0.4, -0.2) is 80.4 Å². The van der Waals surface area contributed by atoms with Gasteiger partial charge in [0.1, 0.15) is 31.8 Å². The number of benzene rings is 2. The molecule has 1 aliphatic heterocycles. The SMILES string of the molecule is B[C@@H]1O[C@@](CO[Si](c2ccccc2)(c2ccccc2)C(C)(C)C)([C@@H](C)OS(C)(=O)=O)[C@@H](OC)[C@H]1OC(C)=O. The highest BCUT2D eigenvalue weighted by Crippen LogP contribution is 2.42. The molecule has 208 valence electrons. The molecule has 1 fully saturated rings. The van der Waals surface area contributed by atoms with Crippen molar-refractivity contribution in [3.05, 3.63) is 60.7 Å². The second-order valence-corrected chi connectivity index (χ2v) is 16.8. The fraction of sp³-hybridized carbons (Fsp3) is 0.519. The van der Waals surface area contributed by atoms with E-state index in [9.17, 15) is 13.2 Å². The first-order valence-electron chi connectivity index (χ1n) is 12.7. The van der Waals surface area contributed by atoms with Crippen LogP contribution >= 0.6 is 0 Å². The van der Waals surface area contributed by atoms with E-state index in [0.29, 0.717) is 0 Å². The molecule has 8 nitrogen and oxygen atoms in total. The van der Waals surface area contributed by atoms with Crippen molar-refractivity contribution in [3.8, 4) is 0 Å². The van der Waals surface area contributed by atoms with Gasteiger partial charge in [0.15, 0.2) is 0 Å². The van der Waals surface area contributed by atoms with E-state index >= 15 is 0 Å². The van der Waals surface area contributed by atoms with E-state index in [1.807, 2.05) is 36.4 Å². The van der Waals surface area contributed by atoms with Gasteiger partial charge in [-0.25, -0.2) is 0 Å². The molecule has 0 aliphatic carbocycles. The molecule has 38 heavy (non-hydrogen) atoms. The van der Waals surface area contributed by atoms with Gasteiger partial charge in [-0.2, -0.15) is 8.42 Å². The van der Waals surface area contributed by atoms with Crippen LogP contribution in [0.2, 0.25) is 5.04 Å². The lowest BCUT2D eigenvalue weighted by molar-refractivity contribution is -0.162. The van der Waals surface area contributed by atoms with Gasteiger partial charge in [-0.1, -0.05) is 81.4 Å². The van der Waals surface area contributed by atoms with E-state index in [2.05, 4.69) is 45.0 Å². The highest BCUT2D eigenvalue weighted by molar-refractivity contribution is 7.86. The van der Waals surface area contributed by atoms with Gasteiger partial charge in [-0.05, 0) is 22.3 Å². The van der Waals surface area contributed by atoms with Crippen LogP contribution in [0.3, 0.4) is 0 Å². The first-order valence-corrected chi connectivity index (χ1v) is 16.4. The molecule has 0 spiro atoms. The third-order valence-corrected chi connectivity index (χ3v) is 12.8. The largest absolute Gasteiger partial charge is 0.458 e. The van der Waals surface area contributed by atoms with E-state index in [4.69, 9.17) is 22.8 Å². The lowest BCUT2D eigenvalue weighted by atomic mass is 9.86. The number of hydrogen-bond donors (Lipinski definition) is 0. The summed E-state index contributed by atoms with van der Waals surface area (Å²) >= 11 is 0. The molecule has 1 heterocycles. The Morgan fingerprint density at radius 2 is 1.58 bits per heavy atom. The van der Waals surface area contributed by atoms with Crippen molar-refractivity contribution in [1.82, 2.24) is 0 Å². The number of carbonyl (C=O) groups excluding carboxylic acids is 1. The summed E-state index contributed by atoms with van der Waals surface area (Å²) in [5.41, 5.74) is -1.40. The van der Waals surface area contributed by atoms with Crippen molar-refractivity contribution in [2.24, 2.45) is 0 Å². The molecule has 0 N–H and O–H groups in total. The molecular formula is C27H39BO8SSi. The second-order valence-electron chi connectivity index (χ2n) is 10.9. The fourth-order valence-corrected chi connectivity index (χ4v) is 10.9. The zero-order valence-electron chi connectivity index (χ0n) is 23.5. The lowest BCUT2D eigenvalue weighted by Crippen LogP contribution is -2.69. The van der Waals surface area contributed by atoms with Crippen LogP contribution in [0.1, 0.15) is 34.6 Å². The minimum atomic E-state index is -3.86. The van der Waals surface area contributed by atoms with Crippen LogP contribution in [-0.2, 0) is 37.7 Å². The maximum Gasteiger partial charge on any atom is 0.303 e. The van der Waals surface area contributed by atoms with E-state index in [1.54, 1.807) is 14.8 Å². The van der Waals surface area contributed by atoms with Gasteiger partial charge in [0.2, 0.25) is 0 Å². The Morgan fingerprint density at radius 3 is 1.97 bits per heavy atom. The summed E-state index contributed by atoms with van der Waals surface area (Å²) in [6.07, 6.45) is -1.66. The third-order valence-electron chi connectivity index (χ3n) is 7.14. The van der Waals surface area contributed by atoms with Gasteiger partial charge in [-0.3, -0.25) is 8.98 Å². The van der Waals surface area contributed by atoms with Crippen LogP contribution in [0, 0.1) is 0 Å². The number of methoxy groups -OCH3 is 1. The van der Waals surface area contributed by atoms with Crippen molar-refractivity contribution in [2.75, 3.05) is 20.0 Å². The van der Waals surface area contributed by atoms with Gasteiger partial charge in [-0.15, -0.1) is 0 Å². The maximum atomic E-state index is 12.2. The van der Waals surface area contributed by atoms with E-state index in [0.717, 1.165) is 16.6 Å². The Morgan fingerprint density at radius 1 is 1.08 bits per heavy atom. The number of carbonyl (C=O) groups is 1. The summed E-state index contributed by atoms with van der Waals surface area (Å²) in [6.45, 7) is 9.32. The highest BCUT2D eigenvalue weighted by Gasteiger charge is 2.62. The normalized spacial score (nSPS) is 25.2. The van der Waals surface area contributed by atoms with Crippen LogP contribution < -0.4 is 10.4 Å². The summed E-state index contributed by atoms with van der Waals surface area (Å²) < 4.78 is 55.0. The van der Waals surface area contributed by atoms with Crippen LogP contribution in [0.25, 0.3) is 0 Å². The summed E-state index contributed by atoms with van der Waals surface area (Å²) in [6, 6.07) is 19.6. The lowest BCUT2D eigenvalue weighted by Gasteiger charge is -2.46. The quantitative estimate of drug-likeness (QED) is 0.245. The van der Waals surface area contributed by atoms with Crippen LogP contribution in [0.5, 0.6) is 0 Å². The first-order chi connectivity index (χ1) is 17.7. The minimum absolute atomic E-state index is 0.0580. The van der Waals surface area contributed by atoms with Gasteiger partial charge in [0, 0.05) is 14.0 Å². The molecule has 0 amide bonds. The van der Waals surface area contributed by atoms with Gasteiger partial charge in [0.25, 0.3) is 18.4 Å². The number of hydrogen-bond acceptors (Lipinski definition) is 8. The highest BCUT2D eigenvalue weighted by atomic mass is 32.2. The van der Waals surface area contributed by atoms with E-state index in [-0.39, 0.29) is 11.6 Å². The molecule has 0 radical (unpaired) electrons. The average Bonchev–Trinajstić information content (AvgIpc) is 3.10. The molecule has 5 atom stereocenters. The summed E-state index contributed by atoms with van der Waals surface area (Å²) in [4.78, 5) is 12.0. The predicted octanol–water partition coefficient (Wildman–Crippen LogP) is 1.60. The molecule has 0 unspecified atom stereocenters. The molecule has 0 bridgehead atoms. The summed E-state index contributed by atoms with van der Waals surface area (Å²) in [5, 5.41) is 1.78. The zero-order chi connectivity index (χ0) is 28.4. The van der Waals surface area contributed by atoms with E-state index < -0.39 is 54.3 Å². The topological polar surface area (TPSA) is 97.4 Å². The Hall–Kier alpha value is -2.02. The standard InChI is InChI=1S/C27H39BO8SSi/c1-19(36-37(7,30)31)27(24(32-6)23(25(28)35-27)34-20(2)29)18-33-38(26(3,4)5,21-14-10-8-11-15-21)22-16-12-9-13-17-22/h8-17,19,23-25H,18,28H2,1-7H3/t19-,23-,24+,25-,27+/m1/s1. The molecular weight excluding hydrogens is 523 g/mol. The molecule has 2 aromatic rings. The third kappa shape index (κ3) is 6.08. The maximum absolute atomic E-state index is 12.2. The van der Waals surface area contributed by atoms with Crippen LogP contribution in [0.15, 0.2) is 60.7 Å². The molecule has 1 aliphatic rings. The molecule has 1 saturated heterocycles. The van der Waals surface area contributed by atoms with Gasteiger partial charge in [0.05, 0.1) is 18.9 Å². The van der Waals surface area contributed by atoms with Crippen molar-refractivity contribution in [1.29, 1.82) is 0 Å². The molecule has 0 aromatic heterocycles. The number of esters is 1. The Balaban J connectivity index is 2.20. The number of ether oxygens (including phenoxy) is 3. The Labute approximate surface area is 228 Å². The summed E-state index contributed by atoms with van der Waals surface area (Å²) in [5.74, 6) is -0.493. The molecule has 11 heteroatoms. The zero-order valence-corrected chi connectivity index (χ0v) is 25.3. The van der Waals surface area contributed by atoms with Gasteiger partial charge >= 0.3 is 5.97 Å². The Kier molecular flexibility index (Phi) is 9.33. The monoisotopic (exact) mass is 562 g/mol. The number of rotatable bonds is 10. The molecule has 0 saturated carbocycles. The Bertz CT molecular complexity index is 1150. The van der Waals surface area contributed by atoms with Crippen LogP contribution in [0.4, 0.5) is 0 Å². The fourth-order valence-electron chi connectivity index (χ4n) is 5.57. The first kappa shape index (κ1) is 30.5. The summed E-state index contributed by atoms with van der Waals surface area (Å²) in [7, 11) is -3.66. The second kappa shape index (κ2) is 11.6. The smallest absolute Gasteiger partial charge is 0.303 e. The predicted molar refractivity (Wildman–Crippen MR) is 151 cm³/mol. The minimum Gasteiger partial charge on any atom is -0.458 e. The molecule has 2 aromatic carbocycles. The van der Waals surface area contributed by atoms with Crippen molar-refractivity contribution in [2.45, 2.75) is 69.6 Å². The average molecular weight is 563 g/mol. The van der Waals surface area contributed by atoms with Gasteiger partial charge < -0.3 is 18.6 Å². The van der Waals surface area contributed by atoms with Crippen molar-refractivity contribution in [3.63, 3.8) is 0 Å².